The second-order valence-electron chi connectivity index (χ2n) is 18.0. The molecular weight excluding hydrogens is 781 g/mol. The number of rotatable bonds is 28. The molecule has 0 fully saturated rings. The molecule has 59 heavy (non-hydrogen) atoms. The molecular formula is C42H84N6O10S. The van der Waals surface area contributed by atoms with Crippen LogP contribution in [0.2, 0.25) is 0 Å². The van der Waals surface area contributed by atoms with Gasteiger partial charge in [-0.1, -0.05) is 0 Å². The van der Waals surface area contributed by atoms with Crippen molar-refractivity contribution in [2.45, 2.75) is 163 Å². The lowest BCUT2D eigenvalue weighted by molar-refractivity contribution is -0.130. The minimum atomic E-state index is -1.23. The molecule has 2 atom stereocenters. The van der Waals surface area contributed by atoms with Crippen LogP contribution in [0.3, 0.4) is 0 Å². The van der Waals surface area contributed by atoms with Crippen molar-refractivity contribution in [3.05, 3.63) is 0 Å². The molecule has 348 valence electrons. The Bertz CT molecular complexity index is 1200. The first-order valence-corrected chi connectivity index (χ1v) is 21.4. The predicted molar refractivity (Wildman–Crippen MR) is 237 cm³/mol. The molecule has 0 aromatic rings. The van der Waals surface area contributed by atoms with Crippen LogP contribution in [-0.4, -0.2) is 142 Å². The molecule has 0 radical (unpaired) electrons. The normalized spacial score (nSPS) is 13.5. The van der Waals surface area contributed by atoms with E-state index in [4.69, 9.17) is 40.6 Å². The number of hydrogen-bond donors (Lipinski definition) is 6. The highest BCUT2D eigenvalue weighted by molar-refractivity contribution is 7.80. The van der Waals surface area contributed by atoms with Gasteiger partial charge in [-0.15, -0.1) is 0 Å². The highest BCUT2D eigenvalue weighted by Crippen LogP contribution is 2.15. The Morgan fingerprint density at radius 2 is 1.07 bits per heavy atom. The lowest BCUT2D eigenvalue weighted by Crippen LogP contribution is -2.60. The number of carbonyl (C=O) groups is 4. The monoisotopic (exact) mass is 865 g/mol. The molecule has 6 N–H and O–H groups in total. The Labute approximate surface area is 362 Å². The average Bonchev–Trinajstić information content (AvgIpc) is 3.07. The molecule has 17 heteroatoms. The molecule has 4 amide bonds. The van der Waals surface area contributed by atoms with Crippen LogP contribution in [0.15, 0.2) is 0 Å². The van der Waals surface area contributed by atoms with Gasteiger partial charge in [-0.2, -0.15) is 0 Å². The molecule has 0 rings (SSSR count). The zero-order chi connectivity index (χ0) is 45.8. The summed E-state index contributed by atoms with van der Waals surface area (Å²) < 4.78 is 34.6. The van der Waals surface area contributed by atoms with E-state index in [1.165, 1.54) is 0 Å². The van der Waals surface area contributed by atoms with Gasteiger partial charge < -0.3 is 60.3 Å². The first kappa shape index (κ1) is 58.4. The first-order chi connectivity index (χ1) is 27.2. The quantitative estimate of drug-likeness (QED) is 0.0490. The summed E-state index contributed by atoms with van der Waals surface area (Å²) in [5.41, 5.74) is -2.19. The van der Waals surface area contributed by atoms with Gasteiger partial charge in [-0.05, 0) is 122 Å². The highest BCUT2D eigenvalue weighted by atomic mass is 32.1. The van der Waals surface area contributed by atoms with Gasteiger partial charge in [0.25, 0.3) is 0 Å². The molecule has 0 aliphatic rings. The van der Waals surface area contributed by atoms with Gasteiger partial charge in [-0.3, -0.25) is 19.2 Å². The number of thiocarbonyl (C=S) groups is 1. The third-order valence-corrected chi connectivity index (χ3v) is 8.13. The van der Waals surface area contributed by atoms with E-state index in [2.05, 4.69) is 52.7 Å². The second-order valence-corrected chi connectivity index (χ2v) is 18.4. The molecule has 0 aliphatic heterocycles. The number of carbonyl (C=O) groups excluding carboxylic acids is 4. The number of nitrogens with one attached hydrogen (secondary N) is 6. The van der Waals surface area contributed by atoms with Crippen LogP contribution in [0.25, 0.3) is 0 Å². The van der Waals surface area contributed by atoms with E-state index in [0.29, 0.717) is 32.6 Å². The van der Waals surface area contributed by atoms with Crippen molar-refractivity contribution >= 4 is 41.0 Å². The molecule has 0 bridgehead atoms. The number of ether oxygens (including phenoxy) is 6. The van der Waals surface area contributed by atoms with Crippen LogP contribution in [0, 0.1) is 0 Å². The van der Waals surface area contributed by atoms with Crippen molar-refractivity contribution in [3.8, 4) is 0 Å². The van der Waals surface area contributed by atoms with Crippen molar-refractivity contribution in [2.24, 2.45) is 0 Å². The molecule has 0 saturated carbocycles. The maximum absolute atomic E-state index is 13.1. The Morgan fingerprint density at radius 3 is 1.51 bits per heavy atom. The molecule has 0 spiro atoms. The molecule has 0 aromatic carbocycles. The summed E-state index contributed by atoms with van der Waals surface area (Å²) in [5, 5.41) is 17.5. The minimum absolute atomic E-state index is 0.0503. The minimum Gasteiger partial charge on any atom is -0.378 e. The van der Waals surface area contributed by atoms with E-state index in [9.17, 15) is 19.2 Å². The second kappa shape index (κ2) is 30.4. The smallest absolute Gasteiger partial charge is 0.240 e. The van der Waals surface area contributed by atoms with Crippen molar-refractivity contribution in [1.29, 1.82) is 0 Å². The molecule has 16 nitrogen and oxygen atoms in total. The van der Waals surface area contributed by atoms with Crippen molar-refractivity contribution < 1.29 is 47.6 Å². The summed E-state index contributed by atoms with van der Waals surface area (Å²) in [6, 6.07) is -0.0873. The van der Waals surface area contributed by atoms with E-state index in [1.807, 2.05) is 76.2 Å². The Balaban J connectivity index is 0. The fourth-order valence-electron chi connectivity index (χ4n) is 4.91. The summed E-state index contributed by atoms with van der Waals surface area (Å²) in [7, 11) is 1.63. The lowest BCUT2D eigenvalue weighted by Gasteiger charge is -2.34. The maximum atomic E-state index is 13.1. The maximum Gasteiger partial charge on any atom is 0.240 e. The topological polar surface area (TPSA) is 196 Å². The van der Waals surface area contributed by atoms with E-state index in [-0.39, 0.29) is 111 Å². The first-order valence-electron chi connectivity index (χ1n) is 21.0. The van der Waals surface area contributed by atoms with Crippen molar-refractivity contribution in [2.75, 3.05) is 79.6 Å². The predicted octanol–water partition coefficient (Wildman–Crippen LogP) is 3.92. The van der Waals surface area contributed by atoms with Crippen LogP contribution in [0.1, 0.15) is 129 Å². The van der Waals surface area contributed by atoms with Crippen LogP contribution < -0.4 is 31.9 Å². The van der Waals surface area contributed by atoms with E-state index in [1.54, 1.807) is 7.05 Å². The van der Waals surface area contributed by atoms with Crippen LogP contribution in [-0.2, 0) is 47.6 Å². The van der Waals surface area contributed by atoms with Gasteiger partial charge in [0.1, 0.15) is 5.54 Å². The summed E-state index contributed by atoms with van der Waals surface area (Å²) in [5.74, 6) is -0.965. The Kier molecular flexibility index (Phi) is 30.1. The summed E-state index contributed by atoms with van der Waals surface area (Å²) in [6.07, 6.45) is 1.57. The van der Waals surface area contributed by atoms with E-state index in [0.717, 1.165) is 6.61 Å². The molecule has 0 heterocycles. The van der Waals surface area contributed by atoms with Crippen molar-refractivity contribution in [3.63, 3.8) is 0 Å². The standard InChI is InChI=1S/C36H70N6O9S.C6H14O/c1-12-38-28(43)14-18-47-24-36(42-31(46)23-39-32(52)37-11,25-48-19-15-29(44)40-27(2)13-21-50-33(3,4)5)26-49-20-16-30(45)41-35(9,10)17-22-51-34(6,7)8;1-5-7-6(2,3)4/h27H,12-26H2,1-11H3,(H,38,43)(H,40,44)(H,41,45)(H,42,46)(H2,37,39,52);5H2,1-4H3. The van der Waals surface area contributed by atoms with E-state index >= 15 is 0 Å². The van der Waals surface area contributed by atoms with Gasteiger partial charge in [0.05, 0.1) is 63.0 Å². The van der Waals surface area contributed by atoms with Gasteiger partial charge in [0.15, 0.2) is 5.11 Å². The average molecular weight is 865 g/mol. The third kappa shape index (κ3) is 38.0. The summed E-state index contributed by atoms with van der Waals surface area (Å²) in [4.78, 5) is 50.6. The molecule has 2 unspecified atom stereocenters. The molecule has 0 aliphatic carbocycles. The highest BCUT2D eigenvalue weighted by Gasteiger charge is 2.34. The molecule has 0 aromatic heterocycles. The summed E-state index contributed by atoms with van der Waals surface area (Å²) in [6.45, 7) is 29.8. The van der Waals surface area contributed by atoms with Crippen LogP contribution >= 0.6 is 12.2 Å². The number of amides is 4. The SMILES string of the molecule is CCNC(=O)CCOCC(COCCC(=O)NC(C)CCOC(C)(C)C)(COCCC(=O)NC(C)(C)CCOC(C)(C)C)NC(=O)CNC(=S)NC.CCOC(C)(C)C. The van der Waals surface area contributed by atoms with E-state index < -0.39 is 17.0 Å². The Morgan fingerprint density at radius 1 is 0.593 bits per heavy atom. The Hall–Kier alpha value is -2.67. The van der Waals surface area contributed by atoms with Gasteiger partial charge >= 0.3 is 0 Å². The van der Waals surface area contributed by atoms with Gasteiger partial charge in [-0.25, -0.2) is 0 Å². The fraction of sp³-hybridized carbons (Fsp3) is 0.881. The fourth-order valence-corrected chi connectivity index (χ4v) is 4.99. The summed E-state index contributed by atoms with van der Waals surface area (Å²) >= 11 is 5.11. The zero-order valence-corrected chi connectivity index (χ0v) is 40.2. The largest absolute Gasteiger partial charge is 0.378 e. The van der Waals surface area contributed by atoms with Gasteiger partial charge in [0, 0.05) is 64.3 Å². The lowest BCUT2D eigenvalue weighted by atomic mass is 10.0. The van der Waals surface area contributed by atoms with Crippen molar-refractivity contribution in [1.82, 2.24) is 31.9 Å². The molecule has 0 saturated heterocycles. The van der Waals surface area contributed by atoms with Gasteiger partial charge in [0.2, 0.25) is 23.6 Å². The van der Waals surface area contributed by atoms with Crippen LogP contribution in [0.4, 0.5) is 0 Å². The van der Waals surface area contributed by atoms with Crippen LogP contribution in [0.5, 0.6) is 0 Å². The zero-order valence-electron chi connectivity index (χ0n) is 39.4. The number of hydrogen-bond acceptors (Lipinski definition) is 11. The third-order valence-electron chi connectivity index (χ3n) is 7.78.